The van der Waals surface area contributed by atoms with Crippen molar-refractivity contribution in [1.29, 1.82) is 0 Å². The summed E-state index contributed by atoms with van der Waals surface area (Å²) in [6.07, 6.45) is 0. The van der Waals surface area contributed by atoms with Crippen molar-refractivity contribution < 1.29 is 13.2 Å². The zero-order valence-corrected chi connectivity index (χ0v) is 10.2. The second kappa shape index (κ2) is 4.86. The van der Waals surface area contributed by atoms with Crippen molar-refractivity contribution in [2.45, 2.75) is 19.1 Å². The Labute approximate surface area is 94.4 Å². The zero-order valence-electron chi connectivity index (χ0n) is 8.60. The molecule has 0 aliphatic heterocycles. The molecule has 1 unspecified atom stereocenters. The van der Waals surface area contributed by atoms with Crippen LogP contribution in [0.25, 0.3) is 0 Å². The second-order valence-electron chi connectivity index (χ2n) is 3.09. The molecule has 0 spiro atoms. The van der Waals surface area contributed by atoms with Gasteiger partial charge in [0.1, 0.15) is 11.0 Å². The van der Waals surface area contributed by atoms with Crippen LogP contribution in [0.1, 0.15) is 24.7 Å². The van der Waals surface area contributed by atoms with Gasteiger partial charge < -0.3 is 4.74 Å². The largest absolute Gasteiger partial charge is 0.494 e. The van der Waals surface area contributed by atoms with E-state index < -0.39 is 14.3 Å². The van der Waals surface area contributed by atoms with Crippen LogP contribution in [-0.2, 0) is 9.05 Å². The molecule has 15 heavy (non-hydrogen) atoms. The second-order valence-corrected chi connectivity index (χ2v) is 6.04. The Bertz CT molecular complexity index is 428. The van der Waals surface area contributed by atoms with Crippen molar-refractivity contribution in [1.82, 2.24) is 0 Å². The van der Waals surface area contributed by atoms with E-state index in [4.69, 9.17) is 15.4 Å². The third kappa shape index (κ3) is 3.11. The minimum Gasteiger partial charge on any atom is -0.494 e. The Morgan fingerprint density at radius 1 is 1.40 bits per heavy atom. The van der Waals surface area contributed by atoms with Crippen LogP contribution in [0.15, 0.2) is 24.3 Å². The van der Waals surface area contributed by atoms with E-state index in [-0.39, 0.29) is 0 Å². The first kappa shape index (κ1) is 12.3. The number of para-hydroxylation sites is 1. The van der Waals surface area contributed by atoms with Crippen molar-refractivity contribution in [3.05, 3.63) is 29.8 Å². The van der Waals surface area contributed by atoms with Crippen LogP contribution in [0.4, 0.5) is 0 Å². The molecule has 0 heterocycles. The van der Waals surface area contributed by atoms with Crippen LogP contribution in [0.3, 0.4) is 0 Å². The van der Waals surface area contributed by atoms with E-state index >= 15 is 0 Å². The van der Waals surface area contributed by atoms with Gasteiger partial charge in [-0.2, -0.15) is 0 Å². The number of hydrogen-bond acceptors (Lipinski definition) is 3. The Morgan fingerprint density at radius 3 is 2.53 bits per heavy atom. The first-order valence-corrected chi connectivity index (χ1v) is 6.99. The Hall–Kier alpha value is -0.740. The molecule has 0 aliphatic rings. The smallest absolute Gasteiger partial charge is 0.239 e. The van der Waals surface area contributed by atoms with Crippen molar-refractivity contribution in [2.75, 3.05) is 6.61 Å². The molecule has 1 atom stereocenters. The highest BCUT2D eigenvalue weighted by Crippen LogP contribution is 2.32. The van der Waals surface area contributed by atoms with E-state index in [9.17, 15) is 8.42 Å². The maximum Gasteiger partial charge on any atom is 0.239 e. The fraction of sp³-hybridized carbons (Fsp3) is 0.400. The molecule has 0 aliphatic carbocycles. The van der Waals surface area contributed by atoms with Gasteiger partial charge in [-0.3, -0.25) is 0 Å². The van der Waals surface area contributed by atoms with Gasteiger partial charge >= 0.3 is 0 Å². The van der Waals surface area contributed by atoms with Gasteiger partial charge in [0.05, 0.1) is 6.61 Å². The maximum absolute atomic E-state index is 11.2. The van der Waals surface area contributed by atoms with Crippen LogP contribution >= 0.6 is 10.7 Å². The molecule has 3 nitrogen and oxygen atoms in total. The Kier molecular flexibility index (Phi) is 3.99. The average molecular weight is 249 g/mol. The van der Waals surface area contributed by atoms with Crippen LogP contribution in [0.5, 0.6) is 5.75 Å². The van der Waals surface area contributed by atoms with E-state index in [1.165, 1.54) is 0 Å². The van der Waals surface area contributed by atoms with Gasteiger partial charge in [-0.05, 0) is 19.9 Å². The third-order valence-corrected chi connectivity index (χ3v) is 3.98. The molecule has 84 valence electrons. The van der Waals surface area contributed by atoms with Gasteiger partial charge in [0.2, 0.25) is 9.05 Å². The Morgan fingerprint density at radius 2 is 2.00 bits per heavy atom. The molecule has 0 amide bonds. The van der Waals surface area contributed by atoms with Crippen molar-refractivity contribution in [3.8, 4) is 5.75 Å². The maximum atomic E-state index is 11.2. The molecular formula is C10H13ClO3S. The topological polar surface area (TPSA) is 43.4 Å². The van der Waals surface area contributed by atoms with E-state index in [2.05, 4.69) is 0 Å². The first-order chi connectivity index (χ1) is 6.96. The first-order valence-electron chi connectivity index (χ1n) is 4.62. The number of ether oxygens (including phenoxy) is 1. The Balaban J connectivity index is 3.13. The summed E-state index contributed by atoms with van der Waals surface area (Å²) >= 11 is 0. The summed E-state index contributed by atoms with van der Waals surface area (Å²) < 4.78 is 27.7. The molecule has 1 rings (SSSR count). The van der Waals surface area contributed by atoms with Gasteiger partial charge in [0.15, 0.2) is 0 Å². The van der Waals surface area contributed by atoms with Gasteiger partial charge in [-0.25, -0.2) is 8.42 Å². The fourth-order valence-corrected chi connectivity index (χ4v) is 2.04. The van der Waals surface area contributed by atoms with E-state index in [1.807, 2.05) is 6.92 Å². The van der Waals surface area contributed by atoms with Crippen LogP contribution in [0, 0.1) is 0 Å². The minimum absolute atomic E-state index is 0.492. The molecule has 0 saturated carbocycles. The molecule has 0 fully saturated rings. The highest BCUT2D eigenvalue weighted by atomic mass is 35.7. The number of halogens is 1. The van der Waals surface area contributed by atoms with Crippen molar-refractivity contribution >= 4 is 19.7 Å². The normalized spacial score (nSPS) is 13.5. The lowest BCUT2D eigenvalue weighted by molar-refractivity contribution is 0.336. The summed E-state index contributed by atoms with van der Waals surface area (Å²) in [7, 11) is 1.70. The number of benzene rings is 1. The molecule has 0 bridgehead atoms. The van der Waals surface area contributed by atoms with Crippen molar-refractivity contribution in [3.63, 3.8) is 0 Å². The van der Waals surface area contributed by atoms with Gasteiger partial charge in [0.25, 0.3) is 0 Å². The molecule has 1 aromatic rings. The van der Waals surface area contributed by atoms with E-state index in [0.717, 1.165) is 0 Å². The molecule has 0 saturated heterocycles. The lowest BCUT2D eigenvalue weighted by Crippen LogP contribution is -2.05. The predicted octanol–water partition coefficient (Wildman–Crippen LogP) is 2.71. The summed E-state index contributed by atoms with van der Waals surface area (Å²) in [4.78, 5) is 0. The van der Waals surface area contributed by atoms with Crippen molar-refractivity contribution in [2.24, 2.45) is 0 Å². The molecule has 1 aromatic carbocycles. The molecule has 0 N–H and O–H groups in total. The third-order valence-electron chi connectivity index (χ3n) is 2.08. The molecular weight excluding hydrogens is 236 g/mol. The lowest BCUT2D eigenvalue weighted by Gasteiger charge is -2.13. The standard InChI is InChI=1S/C10H13ClO3S/c1-3-14-10-7-5-4-6-9(10)8(2)15(11,12)13/h4-8H,3H2,1-2H3. The summed E-state index contributed by atoms with van der Waals surface area (Å²) in [6, 6.07) is 6.99. The SMILES string of the molecule is CCOc1ccccc1C(C)S(=O)(=O)Cl. The zero-order chi connectivity index (χ0) is 11.5. The summed E-state index contributed by atoms with van der Waals surface area (Å²) in [5.41, 5.74) is 0.592. The van der Waals surface area contributed by atoms with Gasteiger partial charge in [0, 0.05) is 16.2 Å². The predicted molar refractivity (Wildman–Crippen MR) is 60.8 cm³/mol. The number of hydrogen-bond donors (Lipinski definition) is 0. The fourth-order valence-electron chi connectivity index (χ4n) is 1.25. The van der Waals surface area contributed by atoms with E-state index in [0.29, 0.717) is 17.9 Å². The lowest BCUT2D eigenvalue weighted by atomic mass is 10.1. The summed E-state index contributed by atoms with van der Waals surface area (Å²) in [5.74, 6) is 0.566. The van der Waals surface area contributed by atoms with Gasteiger partial charge in [-0.1, -0.05) is 18.2 Å². The monoisotopic (exact) mass is 248 g/mol. The number of rotatable bonds is 4. The molecule has 0 aromatic heterocycles. The van der Waals surface area contributed by atoms with Gasteiger partial charge in [-0.15, -0.1) is 0 Å². The highest BCUT2D eigenvalue weighted by Gasteiger charge is 2.22. The highest BCUT2D eigenvalue weighted by molar-refractivity contribution is 8.13. The minimum atomic E-state index is -3.60. The average Bonchev–Trinajstić information content (AvgIpc) is 2.17. The quantitative estimate of drug-likeness (QED) is 0.770. The van der Waals surface area contributed by atoms with Crippen LogP contribution in [0.2, 0.25) is 0 Å². The molecule has 0 radical (unpaired) electrons. The summed E-state index contributed by atoms with van der Waals surface area (Å²) in [6.45, 7) is 3.88. The molecule has 5 heteroatoms. The summed E-state index contributed by atoms with van der Waals surface area (Å²) in [5, 5.41) is -0.762. The van der Waals surface area contributed by atoms with Crippen LogP contribution < -0.4 is 4.74 Å². The van der Waals surface area contributed by atoms with E-state index in [1.54, 1.807) is 31.2 Å². The van der Waals surface area contributed by atoms with Crippen LogP contribution in [-0.4, -0.2) is 15.0 Å².